The van der Waals surface area contributed by atoms with Gasteiger partial charge in [-0.25, -0.2) is 9.97 Å². The molecule has 24 heavy (non-hydrogen) atoms. The van der Waals surface area contributed by atoms with Crippen molar-refractivity contribution in [2.75, 3.05) is 11.2 Å². The molecule has 1 N–H and O–H groups in total. The summed E-state index contributed by atoms with van der Waals surface area (Å²) in [5, 5.41) is 2.63. The number of alkyl halides is 1. The first-order chi connectivity index (χ1) is 11.7. The molecule has 0 saturated carbocycles. The maximum atomic E-state index is 11.6. The molecule has 0 unspecified atom stereocenters. The monoisotopic (exact) mass is 337 g/mol. The van der Waals surface area contributed by atoms with Crippen molar-refractivity contribution in [3.05, 3.63) is 66.2 Å². The first-order valence-electron chi connectivity index (χ1n) is 7.53. The van der Waals surface area contributed by atoms with Crippen molar-refractivity contribution in [1.29, 1.82) is 0 Å². The molecule has 1 amide bonds. The third-order valence-electron chi connectivity index (χ3n) is 3.52. The Kier molecular flexibility index (Phi) is 4.87. The summed E-state index contributed by atoms with van der Waals surface area (Å²) >= 11 is 5.57. The lowest BCUT2D eigenvalue weighted by molar-refractivity contribution is -0.114. The number of nitrogens with zero attached hydrogens (tertiary/aromatic N) is 2. The van der Waals surface area contributed by atoms with Gasteiger partial charge < -0.3 is 0 Å². The molecule has 0 aliphatic heterocycles. The second-order valence-corrected chi connectivity index (χ2v) is 5.64. The Morgan fingerprint density at radius 3 is 2.12 bits per heavy atom. The molecule has 0 fully saturated rings. The van der Waals surface area contributed by atoms with Gasteiger partial charge in [0, 0.05) is 11.1 Å². The highest BCUT2D eigenvalue weighted by Crippen LogP contribution is 2.25. The molecule has 0 saturated heterocycles. The summed E-state index contributed by atoms with van der Waals surface area (Å²) in [6.45, 7) is 2.03. The molecule has 0 aliphatic rings. The van der Waals surface area contributed by atoms with Gasteiger partial charge in [-0.2, -0.15) is 0 Å². The van der Waals surface area contributed by atoms with Gasteiger partial charge in [0.1, 0.15) is 5.88 Å². The zero-order valence-corrected chi connectivity index (χ0v) is 13.9. The second kappa shape index (κ2) is 7.23. The number of carbonyl (C=O) groups is 1. The average Bonchev–Trinajstić information content (AvgIpc) is 2.62. The lowest BCUT2D eigenvalue weighted by Crippen LogP contribution is -2.15. The standard InChI is InChI=1S/C19H16ClN3O/c1-13-7-9-15(10-8-13)17-11-16(14-5-3-2-4-6-14)21-19(22-17)23-18(24)12-20/h2-11H,12H2,1H3,(H,21,22,23,24). The summed E-state index contributed by atoms with van der Waals surface area (Å²) in [7, 11) is 0. The Morgan fingerprint density at radius 1 is 0.958 bits per heavy atom. The highest BCUT2D eigenvalue weighted by atomic mass is 35.5. The van der Waals surface area contributed by atoms with E-state index >= 15 is 0 Å². The van der Waals surface area contributed by atoms with Crippen molar-refractivity contribution in [3.8, 4) is 22.5 Å². The van der Waals surface area contributed by atoms with Crippen molar-refractivity contribution in [1.82, 2.24) is 9.97 Å². The van der Waals surface area contributed by atoms with Gasteiger partial charge in [0.15, 0.2) is 0 Å². The van der Waals surface area contributed by atoms with Gasteiger partial charge in [-0.05, 0) is 13.0 Å². The van der Waals surface area contributed by atoms with E-state index in [-0.39, 0.29) is 17.7 Å². The lowest BCUT2D eigenvalue weighted by atomic mass is 10.1. The normalized spacial score (nSPS) is 10.4. The molecular weight excluding hydrogens is 322 g/mol. The fourth-order valence-corrected chi connectivity index (χ4v) is 2.36. The molecule has 0 bridgehead atoms. The molecule has 1 heterocycles. The molecule has 0 spiro atoms. The number of carbonyl (C=O) groups excluding carboxylic acids is 1. The fraction of sp³-hybridized carbons (Fsp3) is 0.105. The molecule has 120 valence electrons. The van der Waals surface area contributed by atoms with Crippen LogP contribution in [-0.4, -0.2) is 21.8 Å². The summed E-state index contributed by atoms with van der Waals surface area (Å²) in [5.74, 6) is -0.229. The molecule has 5 heteroatoms. The number of anilines is 1. The Hall–Kier alpha value is -2.72. The van der Waals surface area contributed by atoms with Crippen LogP contribution in [0.25, 0.3) is 22.5 Å². The van der Waals surface area contributed by atoms with E-state index < -0.39 is 0 Å². The van der Waals surface area contributed by atoms with Crippen LogP contribution in [0.3, 0.4) is 0 Å². The number of halogens is 1. The zero-order valence-electron chi connectivity index (χ0n) is 13.2. The van der Waals surface area contributed by atoms with Gasteiger partial charge in [0.2, 0.25) is 11.9 Å². The Balaban J connectivity index is 2.09. The number of hydrogen-bond acceptors (Lipinski definition) is 3. The van der Waals surface area contributed by atoms with E-state index in [4.69, 9.17) is 11.6 Å². The maximum absolute atomic E-state index is 11.6. The molecule has 0 aliphatic carbocycles. The Labute approximate surface area is 145 Å². The van der Waals surface area contributed by atoms with Gasteiger partial charge in [-0.15, -0.1) is 11.6 Å². The molecule has 1 aromatic heterocycles. The minimum atomic E-state index is -0.336. The van der Waals surface area contributed by atoms with Gasteiger partial charge >= 0.3 is 0 Å². The predicted octanol–water partition coefficient (Wildman–Crippen LogP) is 4.30. The minimum Gasteiger partial charge on any atom is -0.293 e. The number of aryl methyl sites for hydroxylation is 1. The van der Waals surface area contributed by atoms with Crippen LogP contribution >= 0.6 is 11.6 Å². The van der Waals surface area contributed by atoms with Crippen LogP contribution in [0.5, 0.6) is 0 Å². The summed E-state index contributed by atoms with van der Waals surface area (Å²) in [6, 6.07) is 19.7. The molecule has 0 atom stereocenters. The maximum Gasteiger partial charge on any atom is 0.241 e. The summed E-state index contributed by atoms with van der Waals surface area (Å²) in [4.78, 5) is 20.5. The first-order valence-corrected chi connectivity index (χ1v) is 8.06. The minimum absolute atomic E-state index is 0.140. The smallest absolute Gasteiger partial charge is 0.241 e. The highest BCUT2D eigenvalue weighted by molar-refractivity contribution is 6.28. The van der Waals surface area contributed by atoms with E-state index in [1.54, 1.807) is 0 Å². The van der Waals surface area contributed by atoms with Gasteiger partial charge in [0.05, 0.1) is 11.4 Å². The first kappa shape index (κ1) is 16.1. The summed E-state index contributed by atoms with van der Waals surface area (Å²) in [6.07, 6.45) is 0. The number of hydrogen-bond donors (Lipinski definition) is 1. The van der Waals surface area contributed by atoms with Crippen LogP contribution in [0.15, 0.2) is 60.7 Å². The van der Waals surface area contributed by atoms with Crippen LogP contribution in [0.2, 0.25) is 0 Å². The van der Waals surface area contributed by atoms with Gasteiger partial charge in [-0.1, -0.05) is 60.2 Å². The van der Waals surface area contributed by atoms with Crippen molar-refractivity contribution in [2.24, 2.45) is 0 Å². The fourth-order valence-electron chi connectivity index (χ4n) is 2.29. The SMILES string of the molecule is Cc1ccc(-c2cc(-c3ccccc3)nc(NC(=O)CCl)n2)cc1. The van der Waals surface area contributed by atoms with Crippen molar-refractivity contribution < 1.29 is 4.79 Å². The Morgan fingerprint density at radius 2 is 1.54 bits per heavy atom. The summed E-state index contributed by atoms with van der Waals surface area (Å²) in [5.41, 5.74) is 4.57. The number of rotatable bonds is 4. The second-order valence-electron chi connectivity index (χ2n) is 5.38. The van der Waals surface area contributed by atoms with Gasteiger partial charge in [0.25, 0.3) is 0 Å². The van der Waals surface area contributed by atoms with Crippen LogP contribution in [0.4, 0.5) is 5.95 Å². The average molecular weight is 338 g/mol. The predicted molar refractivity (Wildman–Crippen MR) is 97.0 cm³/mol. The largest absolute Gasteiger partial charge is 0.293 e. The van der Waals surface area contributed by atoms with Gasteiger partial charge in [-0.3, -0.25) is 10.1 Å². The molecule has 4 nitrogen and oxygen atoms in total. The van der Waals surface area contributed by atoms with Crippen LogP contribution in [0.1, 0.15) is 5.56 Å². The quantitative estimate of drug-likeness (QED) is 0.722. The van der Waals surface area contributed by atoms with Crippen LogP contribution < -0.4 is 5.32 Å². The van der Waals surface area contributed by atoms with E-state index in [0.29, 0.717) is 0 Å². The van der Waals surface area contributed by atoms with E-state index in [2.05, 4.69) is 15.3 Å². The molecule has 3 aromatic rings. The number of nitrogens with one attached hydrogen (secondary N) is 1. The van der Waals surface area contributed by atoms with E-state index in [1.807, 2.05) is 67.6 Å². The molecule has 3 rings (SSSR count). The molecule has 0 radical (unpaired) electrons. The van der Waals surface area contributed by atoms with Crippen LogP contribution in [0, 0.1) is 6.92 Å². The van der Waals surface area contributed by atoms with E-state index in [0.717, 1.165) is 22.5 Å². The number of aromatic nitrogens is 2. The third kappa shape index (κ3) is 3.78. The Bertz CT molecular complexity index is 848. The third-order valence-corrected chi connectivity index (χ3v) is 3.76. The van der Waals surface area contributed by atoms with Crippen molar-refractivity contribution in [3.63, 3.8) is 0 Å². The van der Waals surface area contributed by atoms with E-state index in [1.165, 1.54) is 5.56 Å². The van der Waals surface area contributed by atoms with Crippen molar-refractivity contribution >= 4 is 23.5 Å². The zero-order chi connectivity index (χ0) is 16.9. The number of amides is 1. The van der Waals surface area contributed by atoms with E-state index in [9.17, 15) is 4.79 Å². The highest BCUT2D eigenvalue weighted by Gasteiger charge is 2.10. The topological polar surface area (TPSA) is 54.9 Å². The molecule has 2 aromatic carbocycles. The lowest BCUT2D eigenvalue weighted by Gasteiger charge is -2.09. The van der Waals surface area contributed by atoms with Crippen molar-refractivity contribution in [2.45, 2.75) is 6.92 Å². The summed E-state index contributed by atoms with van der Waals surface area (Å²) < 4.78 is 0. The molecular formula is C19H16ClN3O. The van der Waals surface area contributed by atoms with Crippen LogP contribution in [-0.2, 0) is 4.79 Å². The number of benzene rings is 2.